The lowest BCUT2D eigenvalue weighted by Gasteiger charge is -2.20. The smallest absolute Gasteiger partial charge is 0.210 e. The molecule has 2 aromatic carbocycles. The molecule has 0 aromatic heterocycles. The van der Waals surface area contributed by atoms with Gasteiger partial charge in [0.05, 0.1) is 17.4 Å². The molecule has 1 heterocycles. The van der Waals surface area contributed by atoms with Crippen molar-refractivity contribution in [3.8, 4) is 0 Å². The SMILES string of the molecule is CSc1ccc2c(c1)C(O)CNC1=C2C(=O)c2ccccc2C1=O. The largest absolute Gasteiger partial charge is 0.387 e. The Morgan fingerprint density at radius 2 is 1.75 bits per heavy atom. The van der Waals surface area contributed by atoms with E-state index in [4.69, 9.17) is 0 Å². The number of rotatable bonds is 1. The van der Waals surface area contributed by atoms with Crippen LogP contribution in [0.4, 0.5) is 0 Å². The van der Waals surface area contributed by atoms with Gasteiger partial charge in [0.1, 0.15) is 0 Å². The first-order valence-electron chi connectivity index (χ1n) is 7.64. The molecule has 1 unspecified atom stereocenters. The fourth-order valence-corrected chi connectivity index (χ4v) is 3.73. The van der Waals surface area contributed by atoms with E-state index < -0.39 is 6.10 Å². The number of ketones is 2. The standard InChI is InChI=1S/C19H15NO3S/c1-24-10-6-7-11-14(8-10)15(21)9-20-17-16(11)18(22)12-4-2-3-5-13(12)19(17)23/h2-8,15,20-21H,9H2,1H3. The molecule has 2 aromatic rings. The van der Waals surface area contributed by atoms with Crippen LogP contribution in [0.5, 0.6) is 0 Å². The van der Waals surface area contributed by atoms with Gasteiger partial charge in [0, 0.05) is 22.6 Å². The molecule has 0 fully saturated rings. The topological polar surface area (TPSA) is 66.4 Å². The van der Waals surface area contributed by atoms with E-state index in [1.54, 1.807) is 36.0 Å². The summed E-state index contributed by atoms with van der Waals surface area (Å²) in [7, 11) is 0. The van der Waals surface area contributed by atoms with Crippen molar-refractivity contribution in [2.24, 2.45) is 0 Å². The van der Waals surface area contributed by atoms with Crippen molar-refractivity contribution >= 4 is 28.9 Å². The van der Waals surface area contributed by atoms with Crippen LogP contribution in [0.25, 0.3) is 5.57 Å². The predicted molar refractivity (Wildman–Crippen MR) is 93.2 cm³/mol. The maximum absolute atomic E-state index is 13.0. The van der Waals surface area contributed by atoms with Crippen LogP contribution in [0.15, 0.2) is 53.1 Å². The van der Waals surface area contributed by atoms with E-state index in [-0.39, 0.29) is 23.8 Å². The highest BCUT2D eigenvalue weighted by Crippen LogP contribution is 2.38. The minimum atomic E-state index is -0.776. The lowest BCUT2D eigenvalue weighted by atomic mass is 9.83. The zero-order valence-electron chi connectivity index (χ0n) is 13.0. The highest BCUT2D eigenvalue weighted by Gasteiger charge is 2.36. The third-order valence-electron chi connectivity index (χ3n) is 4.48. The van der Waals surface area contributed by atoms with Gasteiger partial charge in [0.15, 0.2) is 5.78 Å². The Morgan fingerprint density at radius 3 is 2.46 bits per heavy atom. The molecule has 1 atom stereocenters. The summed E-state index contributed by atoms with van der Waals surface area (Å²) < 4.78 is 0. The Bertz CT molecular complexity index is 917. The molecule has 0 amide bonds. The molecule has 0 saturated carbocycles. The number of aliphatic hydroxyl groups excluding tert-OH is 1. The van der Waals surface area contributed by atoms with Crippen molar-refractivity contribution in [3.05, 3.63) is 70.4 Å². The van der Waals surface area contributed by atoms with Crippen LogP contribution in [-0.4, -0.2) is 29.5 Å². The number of thioether (sulfide) groups is 1. The maximum atomic E-state index is 13.0. The molecule has 5 heteroatoms. The van der Waals surface area contributed by atoms with E-state index in [1.165, 1.54) is 0 Å². The molecule has 0 saturated heterocycles. The molecule has 4 rings (SSSR count). The number of carbonyl (C=O) groups excluding carboxylic acids is 2. The van der Waals surface area contributed by atoms with Crippen molar-refractivity contribution in [1.82, 2.24) is 5.32 Å². The number of carbonyl (C=O) groups is 2. The van der Waals surface area contributed by atoms with Gasteiger partial charge in [-0.05, 0) is 29.5 Å². The van der Waals surface area contributed by atoms with E-state index >= 15 is 0 Å². The summed E-state index contributed by atoms with van der Waals surface area (Å²) in [6.07, 6.45) is 1.18. The summed E-state index contributed by atoms with van der Waals surface area (Å²) >= 11 is 1.57. The summed E-state index contributed by atoms with van der Waals surface area (Å²) in [4.78, 5) is 26.9. The Hall–Kier alpha value is -2.37. The van der Waals surface area contributed by atoms with Gasteiger partial charge >= 0.3 is 0 Å². The van der Waals surface area contributed by atoms with E-state index in [9.17, 15) is 14.7 Å². The van der Waals surface area contributed by atoms with Gasteiger partial charge in [-0.1, -0.05) is 30.3 Å². The van der Waals surface area contributed by atoms with Crippen molar-refractivity contribution in [2.75, 3.05) is 12.8 Å². The lowest BCUT2D eigenvalue weighted by molar-refractivity contribution is 0.0984. The summed E-state index contributed by atoms with van der Waals surface area (Å²) in [5.41, 5.74) is 2.78. The first-order chi connectivity index (χ1) is 11.6. The van der Waals surface area contributed by atoms with E-state index in [2.05, 4.69) is 5.32 Å². The number of hydrogen-bond acceptors (Lipinski definition) is 5. The number of nitrogens with one attached hydrogen (secondary N) is 1. The monoisotopic (exact) mass is 337 g/mol. The van der Waals surface area contributed by atoms with Gasteiger partial charge in [0.25, 0.3) is 0 Å². The molecule has 0 radical (unpaired) electrons. The van der Waals surface area contributed by atoms with Crippen LogP contribution < -0.4 is 5.32 Å². The van der Waals surface area contributed by atoms with E-state index in [0.717, 1.165) is 4.90 Å². The van der Waals surface area contributed by atoms with Crippen molar-refractivity contribution in [1.29, 1.82) is 0 Å². The number of aliphatic hydroxyl groups is 1. The van der Waals surface area contributed by atoms with Crippen LogP contribution in [0, 0.1) is 0 Å². The van der Waals surface area contributed by atoms with Crippen LogP contribution in [-0.2, 0) is 0 Å². The second-order valence-corrected chi connectivity index (χ2v) is 6.68. The fourth-order valence-electron chi connectivity index (χ4n) is 3.28. The number of hydrogen-bond donors (Lipinski definition) is 2. The summed E-state index contributed by atoms with van der Waals surface area (Å²) in [6.45, 7) is 0.199. The van der Waals surface area contributed by atoms with Gasteiger partial charge in [-0.25, -0.2) is 0 Å². The average molecular weight is 337 g/mol. The molecule has 0 spiro atoms. The fraction of sp³-hybridized carbons (Fsp3) is 0.158. The van der Waals surface area contributed by atoms with Gasteiger partial charge in [0.2, 0.25) is 5.78 Å². The summed E-state index contributed by atoms with van der Waals surface area (Å²) in [5.74, 6) is -0.380. The number of benzene rings is 2. The third kappa shape index (κ3) is 2.12. The second-order valence-electron chi connectivity index (χ2n) is 5.80. The van der Waals surface area contributed by atoms with Gasteiger partial charge < -0.3 is 10.4 Å². The molecular weight excluding hydrogens is 322 g/mol. The molecule has 1 aliphatic carbocycles. The Kier molecular flexibility index (Phi) is 3.55. The first kappa shape index (κ1) is 15.2. The Labute approximate surface area is 143 Å². The van der Waals surface area contributed by atoms with Gasteiger partial charge in [-0.2, -0.15) is 0 Å². The zero-order valence-corrected chi connectivity index (χ0v) is 13.8. The molecule has 120 valence electrons. The zero-order chi connectivity index (χ0) is 16.8. The van der Waals surface area contributed by atoms with E-state index in [0.29, 0.717) is 27.8 Å². The van der Waals surface area contributed by atoms with Crippen LogP contribution >= 0.6 is 11.8 Å². The van der Waals surface area contributed by atoms with Crippen LogP contribution in [0.1, 0.15) is 37.9 Å². The quantitative estimate of drug-likeness (QED) is 0.783. The molecular formula is C19H15NO3S. The summed E-state index contributed by atoms with van der Waals surface area (Å²) in [6, 6.07) is 12.5. The number of allylic oxidation sites excluding steroid dienone is 2. The molecule has 2 N–H and O–H groups in total. The Balaban J connectivity index is 1.98. The number of fused-ring (bicyclic) bond motifs is 3. The number of Topliss-reactive ketones (excluding diaryl/α,β-unsaturated/α-hetero) is 2. The normalized spacial score (nSPS) is 19.2. The average Bonchev–Trinajstić information content (AvgIpc) is 2.76. The van der Waals surface area contributed by atoms with Crippen molar-refractivity contribution < 1.29 is 14.7 Å². The van der Waals surface area contributed by atoms with Crippen molar-refractivity contribution in [2.45, 2.75) is 11.0 Å². The maximum Gasteiger partial charge on any atom is 0.210 e. The Morgan fingerprint density at radius 1 is 1.04 bits per heavy atom. The highest BCUT2D eigenvalue weighted by atomic mass is 32.2. The molecule has 2 aliphatic rings. The summed E-state index contributed by atoms with van der Waals surface area (Å²) in [5, 5.41) is 13.5. The minimum Gasteiger partial charge on any atom is -0.387 e. The van der Waals surface area contributed by atoms with Crippen LogP contribution in [0.2, 0.25) is 0 Å². The van der Waals surface area contributed by atoms with Gasteiger partial charge in [-0.15, -0.1) is 11.8 Å². The van der Waals surface area contributed by atoms with E-state index in [1.807, 2.05) is 24.5 Å². The minimum absolute atomic E-state index is 0.181. The van der Waals surface area contributed by atoms with Crippen molar-refractivity contribution in [3.63, 3.8) is 0 Å². The molecule has 1 aliphatic heterocycles. The third-order valence-corrected chi connectivity index (χ3v) is 5.21. The highest BCUT2D eigenvalue weighted by molar-refractivity contribution is 7.98. The molecule has 24 heavy (non-hydrogen) atoms. The number of β-amino-alcohol motifs (C(OH)–C–C–N with tert-alkyl or cyclic N) is 1. The second kappa shape index (κ2) is 5.61. The first-order valence-corrected chi connectivity index (χ1v) is 8.87. The molecule has 4 nitrogen and oxygen atoms in total. The predicted octanol–water partition coefficient (Wildman–Crippen LogP) is 2.84. The lowest BCUT2D eigenvalue weighted by Crippen LogP contribution is -2.30. The molecule has 0 bridgehead atoms. The van der Waals surface area contributed by atoms with Gasteiger partial charge in [-0.3, -0.25) is 9.59 Å². The van der Waals surface area contributed by atoms with Crippen LogP contribution in [0.3, 0.4) is 0 Å².